The van der Waals surface area contributed by atoms with Gasteiger partial charge in [-0.15, -0.1) is 24.8 Å². The highest BCUT2D eigenvalue weighted by molar-refractivity contribution is 5.86. The van der Waals surface area contributed by atoms with Gasteiger partial charge in [0.2, 0.25) is 0 Å². The monoisotopic (exact) mass is 357 g/mol. The number of aromatic nitrogens is 1. The highest BCUT2D eigenvalue weighted by Gasteiger charge is 2.25. The van der Waals surface area contributed by atoms with Crippen LogP contribution < -0.4 is 5.32 Å². The van der Waals surface area contributed by atoms with Crippen LogP contribution in [0, 0.1) is 5.92 Å². The van der Waals surface area contributed by atoms with E-state index in [2.05, 4.69) is 66.1 Å². The van der Waals surface area contributed by atoms with Crippen molar-refractivity contribution in [1.82, 2.24) is 14.8 Å². The number of hydrogen-bond donors (Lipinski definition) is 1. The maximum Gasteiger partial charge on any atom is 0.0481 e. The van der Waals surface area contributed by atoms with Crippen molar-refractivity contribution in [2.75, 3.05) is 26.2 Å². The van der Waals surface area contributed by atoms with Crippen LogP contribution in [-0.2, 0) is 7.05 Å². The first-order chi connectivity index (χ1) is 10.2. The third-order valence-corrected chi connectivity index (χ3v) is 4.57. The molecule has 1 aromatic carbocycles. The van der Waals surface area contributed by atoms with E-state index < -0.39 is 0 Å². The Morgan fingerprint density at radius 2 is 1.74 bits per heavy atom. The number of nitrogens with one attached hydrogen (secondary N) is 1. The van der Waals surface area contributed by atoms with Gasteiger partial charge in [-0.25, -0.2) is 0 Å². The molecule has 2 aromatic rings. The summed E-state index contributed by atoms with van der Waals surface area (Å²) in [4.78, 5) is 2.66. The zero-order valence-electron chi connectivity index (χ0n) is 14.3. The molecule has 5 heteroatoms. The summed E-state index contributed by atoms with van der Waals surface area (Å²) >= 11 is 0. The third kappa shape index (κ3) is 4.42. The van der Waals surface area contributed by atoms with Gasteiger partial charge < -0.3 is 9.88 Å². The molecule has 0 unspecified atom stereocenters. The Kier molecular flexibility index (Phi) is 7.88. The molecular weight excluding hydrogens is 329 g/mol. The van der Waals surface area contributed by atoms with Gasteiger partial charge in [0.15, 0.2) is 0 Å². The lowest BCUT2D eigenvalue weighted by molar-refractivity contribution is 0.155. The van der Waals surface area contributed by atoms with Crippen LogP contribution in [-0.4, -0.2) is 35.6 Å². The van der Waals surface area contributed by atoms with E-state index in [4.69, 9.17) is 0 Å². The minimum Gasteiger partial charge on any atom is -0.350 e. The molecule has 0 saturated carbocycles. The summed E-state index contributed by atoms with van der Waals surface area (Å²) in [6.07, 6.45) is 3.58. The normalized spacial score (nSPS) is 16.9. The average molecular weight is 358 g/mol. The highest BCUT2D eigenvalue weighted by Crippen LogP contribution is 2.34. The molecule has 2 heterocycles. The van der Waals surface area contributed by atoms with Crippen molar-refractivity contribution in [2.24, 2.45) is 13.0 Å². The van der Waals surface area contributed by atoms with Gasteiger partial charge in [-0.05, 0) is 24.0 Å². The number of aryl methyl sites for hydroxylation is 1. The lowest BCUT2D eigenvalue weighted by atomic mass is 9.94. The Labute approximate surface area is 152 Å². The van der Waals surface area contributed by atoms with Crippen molar-refractivity contribution in [2.45, 2.75) is 26.3 Å². The fourth-order valence-corrected chi connectivity index (χ4v) is 3.55. The van der Waals surface area contributed by atoms with Crippen molar-refractivity contribution in [1.29, 1.82) is 0 Å². The second-order valence-electron chi connectivity index (χ2n) is 6.64. The van der Waals surface area contributed by atoms with Gasteiger partial charge in [0.25, 0.3) is 0 Å². The summed E-state index contributed by atoms with van der Waals surface area (Å²) in [6, 6.07) is 9.34. The van der Waals surface area contributed by atoms with Gasteiger partial charge in [-0.3, -0.25) is 4.90 Å². The average Bonchev–Trinajstić information content (AvgIpc) is 2.83. The van der Waals surface area contributed by atoms with Crippen LogP contribution in [0.25, 0.3) is 10.9 Å². The standard InChI is InChI=1S/C18H27N3.2ClH/c1-14(2)12-18(21-10-8-19-9-11-21)16-13-20(3)17-7-5-4-6-15(16)17;;/h4-7,13-14,18-19H,8-12H2,1-3H3;2*1H/t18-;;/m0../s1. The number of piperazine rings is 1. The fourth-order valence-electron chi connectivity index (χ4n) is 3.55. The molecule has 0 bridgehead atoms. The number of fused-ring (bicyclic) bond motifs is 1. The predicted octanol–water partition coefficient (Wildman–Crippen LogP) is 4.01. The molecule has 0 spiro atoms. The summed E-state index contributed by atoms with van der Waals surface area (Å²) in [5.74, 6) is 0.712. The lowest BCUT2D eigenvalue weighted by Gasteiger charge is -2.36. The Morgan fingerprint density at radius 1 is 1.09 bits per heavy atom. The first-order valence-corrected chi connectivity index (χ1v) is 8.15. The van der Waals surface area contributed by atoms with Crippen LogP contribution in [0.3, 0.4) is 0 Å². The molecule has 1 aliphatic rings. The van der Waals surface area contributed by atoms with Crippen molar-refractivity contribution in [3.05, 3.63) is 36.0 Å². The molecule has 1 atom stereocenters. The SMILES string of the molecule is CC(C)C[C@@H](c1cn(C)c2ccccc12)N1CCNCC1.Cl.Cl. The second kappa shape index (κ2) is 8.93. The molecule has 1 aliphatic heterocycles. The van der Waals surface area contributed by atoms with Gasteiger partial charge in [0, 0.05) is 56.4 Å². The molecule has 0 amide bonds. The minimum absolute atomic E-state index is 0. The zero-order valence-corrected chi connectivity index (χ0v) is 15.9. The Bertz CT molecular complexity index is 603. The van der Waals surface area contributed by atoms with Crippen molar-refractivity contribution in [3.8, 4) is 0 Å². The van der Waals surface area contributed by atoms with E-state index in [1.807, 2.05) is 0 Å². The van der Waals surface area contributed by atoms with Crippen LogP contribution in [0.4, 0.5) is 0 Å². The van der Waals surface area contributed by atoms with Gasteiger partial charge in [0.05, 0.1) is 0 Å². The third-order valence-electron chi connectivity index (χ3n) is 4.57. The number of benzene rings is 1. The number of rotatable bonds is 4. The number of para-hydroxylation sites is 1. The molecular formula is C18H29Cl2N3. The molecule has 0 radical (unpaired) electrons. The largest absolute Gasteiger partial charge is 0.350 e. The minimum atomic E-state index is 0. The Morgan fingerprint density at radius 3 is 2.39 bits per heavy atom. The van der Waals surface area contributed by atoms with Crippen LogP contribution in [0.1, 0.15) is 31.9 Å². The summed E-state index contributed by atoms with van der Waals surface area (Å²) in [6.45, 7) is 9.20. The summed E-state index contributed by atoms with van der Waals surface area (Å²) in [5.41, 5.74) is 2.85. The van der Waals surface area contributed by atoms with Crippen LogP contribution in [0.15, 0.2) is 30.5 Å². The molecule has 130 valence electrons. The number of nitrogens with zero attached hydrogens (tertiary/aromatic N) is 2. The van der Waals surface area contributed by atoms with Crippen LogP contribution >= 0.6 is 24.8 Å². The molecule has 1 saturated heterocycles. The Balaban J connectivity index is 0.00000132. The van der Waals surface area contributed by atoms with E-state index in [-0.39, 0.29) is 24.8 Å². The van der Waals surface area contributed by atoms with Gasteiger partial charge in [0.1, 0.15) is 0 Å². The first kappa shape index (κ1) is 20.3. The van der Waals surface area contributed by atoms with Gasteiger partial charge in [-0.1, -0.05) is 32.0 Å². The van der Waals surface area contributed by atoms with Crippen molar-refractivity contribution < 1.29 is 0 Å². The van der Waals surface area contributed by atoms with Crippen molar-refractivity contribution in [3.63, 3.8) is 0 Å². The molecule has 1 aromatic heterocycles. The molecule has 3 rings (SSSR count). The van der Waals surface area contributed by atoms with E-state index in [1.165, 1.54) is 22.9 Å². The molecule has 1 fully saturated rings. The van der Waals surface area contributed by atoms with Crippen molar-refractivity contribution >= 4 is 35.7 Å². The number of halogens is 2. The van der Waals surface area contributed by atoms with Gasteiger partial charge >= 0.3 is 0 Å². The smallest absolute Gasteiger partial charge is 0.0481 e. The molecule has 23 heavy (non-hydrogen) atoms. The maximum atomic E-state index is 3.47. The van der Waals surface area contributed by atoms with Gasteiger partial charge in [-0.2, -0.15) is 0 Å². The van der Waals surface area contributed by atoms with E-state index in [9.17, 15) is 0 Å². The molecule has 0 aliphatic carbocycles. The van der Waals surface area contributed by atoms with E-state index in [0.717, 1.165) is 26.2 Å². The topological polar surface area (TPSA) is 20.2 Å². The van der Waals surface area contributed by atoms with Crippen LogP contribution in [0.5, 0.6) is 0 Å². The molecule has 1 N–H and O–H groups in total. The van der Waals surface area contributed by atoms with E-state index in [1.54, 1.807) is 0 Å². The Hall–Kier alpha value is -0.740. The number of hydrogen-bond acceptors (Lipinski definition) is 2. The first-order valence-electron chi connectivity index (χ1n) is 8.15. The summed E-state index contributed by atoms with van der Waals surface area (Å²) in [5, 5.41) is 4.89. The quantitative estimate of drug-likeness (QED) is 0.891. The summed E-state index contributed by atoms with van der Waals surface area (Å²) < 4.78 is 2.28. The van der Waals surface area contributed by atoms with E-state index >= 15 is 0 Å². The highest BCUT2D eigenvalue weighted by atomic mass is 35.5. The van der Waals surface area contributed by atoms with E-state index in [0.29, 0.717) is 12.0 Å². The summed E-state index contributed by atoms with van der Waals surface area (Å²) in [7, 11) is 2.16. The zero-order chi connectivity index (χ0) is 14.8. The molecule has 3 nitrogen and oxygen atoms in total. The maximum absolute atomic E-state index is 3.47. The lowest BCUT2D eigenvalue weighted by Crippen LogP contribution is -2.45. The van der Waals surface area contributed by atoms with Crippen LogP contribution in [0.2, 0.25) is 0 Å². The second-order valence-corrected chi connectivity index (χ2v) is 6.64. The fraction of sp³-hybridized carbons (Fsp3) is 0.556. The predicted molar refractivity (Wildman–Crippen MR) is 104 cm³/mol.